The number of likely N-dealkylation sites (tertiary alicyclic amines) is 1. The zero-order valence-electron chi connectivity index (χ0n) is 23.5. The molecule has 4 amide bonds. The molecule has 2 aliphatic rings. The number of carbonyl (C=O) groups excluding carboxylic acids is 3. The summed E-state index contributed by atoms with van der Waals surface area (Å²) in [4.78, 5) is 44.1. The van der Waals surface area contributed by atoms with Crippen LogP contribution in [0.3, 0.4) is 0 Å². The molecular formula is C29H35ClF3N5O4. The number of halogens is 4. The van der Waals surface area contributed by atoms with E-state index in [0.29, 0.717) is 52.0 Å². The van der Waals surface area contributed by atoms with Crippen molar-refractivity contribution in [3.8, 4) is 0 Å². The number of likely N-dealkylation sites (N-methyl/N-ethyl adjacent to an activating group) is 1. The second kappa shape index (κ2) is 13.1. The summed E-state index contributed by atoms with van der Waals surface area (Å²) in [6.07, 6.45) is -5.45. The summed E-state index contributed by atoms with van der Waals surface area (Å²) in [6, 6.07) is 9.45. The zero-order chi connectivity index (χ0) is 30.6. The lowest BCUT2D eigenvalue weighted by atomic mass is 10.0. The van der Waals surface area contributed by atoms with E-state index >= 15 is 0 Å². The molecule has 13 heteroatoms. The van der Waals surface area contributed by atoms with Crippen molar-refractivity contribution in [2.24, 2.45) is 0 Å². The number of fused-ring (bicyclic) bond motifs is 1. The molecule has 9 nitrogen and oxygen atoms in total. The van der Waals surface area contributed by atoms with E-state index in [4.69, 9.17) is 22.1 Å². The first-order valence-corrected chi connectivity index (χ1v) is 14.4. The predicted octanol–water partition coefficient (Wildman–Crippen LogP) is 5.41. The van der Waals surface area contributed by atoms with Crippen LogP contribution in [0, 0.1) is 0 Å². The average Bonchev–Trinajstić information content (AvgIpc) is 3.12. The molecule has 0 unspecified atom stereocenters. The van der Waals surface area contributed by atoms with Gasteiger partial charge >= 0.3 is 18.3 Å². The normalized spacial score (nSPS) is 16.8. The largest absolute Gasteiger partial charge is 0.436 e. The number of piperidine rings is 1. The third kappa shape index (κ3) is 7.03. The number of hydrogen-bond acceptors (Lipinski definition) is 5. The number of anilines is 2. The van der Waals surface area contributed by atoms with Crippen molar-refractivity contribution in [3.63, 3.8) is 0 Å². The molecule has 1 atom stereocenters. The van der Waals surface area contributed by atoms with E-state index in [9.17, 15) is 27.6 Å². The minimum atomic E-state index is -4.75. The van der Waals surface area contributed by atoms with Gasteiger partial charge in [-0.1, -0.05) is 29.8 Å². The molecule has 0 aliphatic carbocycles. The lowest BCUT2D eigenvalue weighted by Crippen LogP contribution is -2.51. The molecule has 0 spiro atoms. The SMILES string of the molecule is CCN(CC)C(=O)[C@@H](Cc1cc(Cl)c(N)c(C(F)(F)F)c1)OC(=O)N1CCC(N2CCc3ccccc3NC2=O)CC1. The second-order valence-corrected chi connectivity index (χ2v) is 10.8. The molecule has 42 heavy (non-hydrogen) atoms. The highest BCUT2D eigenvalue weighted by molar-refractivity contribution is 6.33. The lowest BCUT2D eigenvalue weighted by Gasteiger charge is -2.38. The molecule has 2 aromatic carbocycles. The van der Waals surface area contributed by atoms with E-state index in [2.05, 4.69) is 5.32 Å². The number of nitrogens with zero attached hydrogens (tertiary/aromatic N) is 3. The molecule has 0 radical (unpaired) electrons. The maximum Gasteiger partial charge on any atom is 0.418 e. The van der Waals surface area contributed by atoms with E-state index in [0.717, 1.165) is 17.3 Å². The highest BCUT2D eigenvalue weighted by atomic mass is 35.5. The Morgan fingerprint density at radius 3 is 2.45 bits per heavy atom. The van der Waals surface area contributed by atoms with Crippen LogP contribution in [0.1, 0.15) is 43.4 Å². The fourth-order valence-electron chi connectivity index (χ4n) is 5.45. The van der Waals surface area contributed by atoms with Gasteiger partial charge in [-0.15, -0.1) is 0 Å². The minimum absolute atomic E-state index is 0.0618. The van der Waals surface area contributed by atoms with Crippen LogP contribution in [0.4, 0.5) is 34.1 Å². The Hall–Kier alpha value is -3.67. The van der Waals surface area contributed by atoms with Crippen LogP contribution in [-0.2, 0) is 28.5 Å². The van der Waals surface area contributed by atoms with E-state index in [1.54, 1.807) is 18.7 Å². The summed E-state index contributed by atoms with van der Waals surface area (Å²) < 4.78 is 46.3. The van der Waals surface area contributed by atoms with E-state index in [1.807, 2.05) is 24.3 Å². The molecule has 1 saturated heterocycles. The van der Waals surface area contributed by atoms with Gasteiger partial charge in [-0.05, 0) is 62.4 Å². The Kier molecular flexibility index (Phi) is 9.75. The number of amides is 4. The number of rotatable bonds is 7. The van der Waals surface area contributed by atoms with Crippen molar-refractivity contribution in [1.82, 2.24) is 14.7 Å². The molecule has 2 aliphatic heterocycles. The first kappa shape index (κ1) is 31.3. The maximum absolute atomic E-state index is 13.5. The van der Waals surface area contributed by atoms with Crippen LogP contribution < -0.4 is 11.1 Å². The van der Waals surface area contributed by atoms with Gasteiger partial charge in [0.25, 0.3) is 5.91 Å². The number of benzene rings is 2. The summed E-state index contributed by atoms with van der Waals surface area (Å²) in [5.41, 5.74) is 5.74. The third-order valence-electron chi connectivity index (χ3n) is 7.81. The first-order valence-electron chi connectivity index (χ1n) is 14.0. The third-order valence-corrected chi connectivity index (χ3v) is 8.13. The van der Waals surface area contributed by atoms with Crippen molar-refractivity contribution in [2.45, 2.75) is 57.9 Å². The standard InChI is InChI=1S/C29H35ClF3N5O4/c1-3-36(4-2)26(39)24(17-18-15-21(29(31,32)33)25(34)22(30)16-18)42-28(41)37-12-10-20(11-13-37)38-14-9-19-7-5-6-8-23(19)35-27(38)40/h5-8,15-16,20,24H,3-4,9-14,17,34H2,1-2H3,(H,35,40)/t24-/m1/s1. The minimum Gasteiger partial charge on any atom is -0.436 e. The Bertz CT molecular complexity index is 1310. The van der Waals surface area contributed by atoms with Crippen LogP contribution in [-0.4, -0.2) is 77.6 Å². The number of nitrogens with two attached hydrogens (primary N) is 1. The van der Waals surface area contributed by atoms with Gasteiger partial charge < -0.3 is 30.5 Å². The fraction of sp³-hybridized carbons (Fsp3) is 0.483. The number of carbonyl (C=O) groups is 3. The Morgan fingerprint density at radius 1 is 1.14 bits per heavy atom. The highest BCUT2D eigenvalue weighted by Gasteiger charge is 2.37. The molecule has 0 saturated carbocycles. The number of nitrogen functional groups attached to an aromatic ring is 1. The van der Waals surface area contributed by atoms with Gasteiger partial charge in [-0.3, -0.25) is 4.79 Å². The van der Waals surface area contributed by atoms with Crippen molar-refractivity contribution in [1.29, 1.82) is 0 Å². The molecule has 4 rings (SSSR count). The summed E-state index contributed by atoms with van der Waals surface area (Å²) in [5, 5.41) is 2.66. The Morgan fingerprint density at radius 2 is 1.81 bits per heavy atom. The average molecular weight is 610 g/mol. The van der Waals surface area contributed by atoms with Crippen LogP contribution in [0.25, 0.3) is 0 Å². The first-order chi connectivity index (χ1) is 19.9. The van der Waals surface area contributed by atoms with Gasteiger partial charge in [0.05, 0.1) is 16.3 Å². The Labute approximate surface area is 247 Å². The number of alkyl halides is 3. The number of ether oxygens (including phenoxy) is 1. The molecular weight excluding hydrogens is 575 g/mol. The summed E-state index contributed by atoms with van der Waals surface area (Å²) in [6.45, 7) is 5.29. The molecule has 0 aromatic heterocycles. The van der Waals surface area contributed by atoms with Gasteiger partial charge in [-0.2, -0.15) is 13.2 Å². The number of urea groups is 1. The lowest BCUT2D eigenvalue weighted by molar-refractivity contribution is -0.140. The highest BCUT2D eigenvalue weighted by Crippen LogP contribution is 2.38. The molecule has 2 heterocycles. The molecule has 228 valence electrons. The van der Waals surface area contributed by atoms with Gasteiger partial charge in [0.1, 0.15) is 0 Å². The van der Waals surface area contributed by atoms with E-state index < -0.39 is 35.5 Å². The summed E-state index contributed by atoms with van der Waals surface area (Å²) >= 11 is 5.99. The topological polar surface area (TPSA) is 108 Å². The fourth-order valence-corrected chi connectivity index (χ4v) is 5.70. The quantitative estimate of drug-likeness (QED) is 0.408. The predicted molar refractivity (Wildman–Crippen MR) is 153 cm³/mol. The van der Waals surface area contributed by atoms with Gasteiger partial charge in [0, 0.05) is 50.9 Å². The van der Waals surface area contributed by atoms with Crippen molar-refractivity contribution < 1.29 is 32.3 Å². The monoisotopic (exact) mass is 609 g/mol. The van der Waals surface area contributed by atoms with Crippen LogP contribution in [0.5, 0.6) is 0 Å². The van der Waals surface area contributed by atoms with Gasteiger partial charge in [-0.25, -0.2) is 9.59 Å². The smallest absolute Gasteiger partial charge is 0.418 e. The van der Waals surface area contributed by atoms with Crippen LogP contribution >= 0.6 is 11.6 Å². The van der Waals surface area contributed by atoms with E-state index in [-0.39, 0.29) is 29.1 Å². The number of para-hydroxylation sites is 1. The van der Waals surface area contributed by atoms with Gasteiger partial charge in [0.2, 0.25) is 0 Å². The zero-order valence-corrected chi connectivity index (χ0v) is 24.3. The van der Waals surface area contributed by atoms with Crippen LogP contribution in [0.2, 0.25) is 5.02 Å². The molecule has 0 bridgehead atoms. The molecule has 1 fully saturated rings. The molecule has 3 N–H and O–H groups in total. The number of hydrogen-bond donors (Lipinski definition) is 2. The van der Waals surface area contributed by atoms with Crippen molar-refractivity contribution in [2.75, 3.05) is 43.8 Å². The summed E-state index contributed by atoms with van der Waals surface area (Å²) in [7, 11) is 0. The maximum atomic E-state index is 13.5. The Balaban J connectivity index is 1.44. The van der Waals surface area contributed by atoms with Crippen molar-refractivity contribution >= 4 is 41.0 Å². The van der Waals surface area contributed by atoms with Gasteiger partial charge in [0.15, 0.2) is 6.10 Å². The van der Waals surface area contributed by atoms with Crippen molar-refractivity contribution in [3.05, 3.63) is 58.1 Å². The van der Waals surface area contributed by atoms with E-state index in [1.165, 1.54) is 15.9 Å². The second-order valence-electron chi connectivity index (χ2n) is 10.4. The molecule has 2 aromatic rings. The van der Waals surface area contributed by atoms with Crippen LogP contribution in [0.15, 0.2) is 36.4 Å². The summed E-state index contributed by atoms with van der Waals surface area (Å²) in [5.74, 6) is -0.523. The number of nitrogens with one attached hydrogen (secondary N) is 1.